The predicted molar refractivity (Wildman–Crippen MR) is 50.5 cm³/mol. The first-order valence-electron chi connectivity index (χ1n) is 3.48. The van der Waals surface area contributed by atoms with Gasteiger partial charge in [-0.25, -0.2) is 9.78 Å². The Hall–Kier alpha value is -1.27. The minimum absolute atomic E-state index is 0.517. The molecule has 1 rings (SSSR count). The summed E-state index contributed by atoms with van der Waals surface area (Å²) in [5, 5.41) is 0. The third kappa shape index (κ3) is 2.92. The highest BCUT2D eigenvalue weighted by Crippen LogP contribution is 1.98. The van der Waals surface area contributed by atoms with Crippen LogP contribution in [0.25, 0.3) is 6.08 Å². The second-order valence-corrected chi connectivity index (χ2v) is 2.46. The molecule has 0 aliphatic rings. The van der Waals surface area contributed by atoms with Crippen molar-refractivity contribution in [3.8, 4) is 0 Å². The average Bonchev–Trinajstić information content (AvgIpc) is 2.48. The molecule has 0 atom stereocenters. The zero-order chi connectivity index (χ0) is 9.68. The third-order valence-corrected chi connectivity index (χ3v) is 1.48. The Balaban J connectivity index is 2.58. The van der Waals surface area contributed by atoms with Gasteiger partial charge in [-0.15, -0.1) is 0 Å². The Morgan fingerprint density at radius 1 is 1.85 bits per heavy atom. The number of nitrogens with one attached hydrogen (secondary N) is 1. The van der Waals surface area contributed by atoms with Gasteiger partial charge in [-0.05, 0) is 6.08 Å². The van der Waals surface area contributed by atoms with Gasteiger partial charge in [0, 0.05) is 13.1 Å². The summed E-state index contributed by atoms with van der Waals surface area (Å²) < 4.78 is 1.78. The Morgan fingerprint density at radius 3 is 3.15 bits per heavy atom. The molecule has 0 bridgehead atoms. The summed E-state index contributed by atoms with van der Waals surface area (Å²) in [5.41, 5.74) is 0.816. The number of nitrogens with zero attached hydrogens (tertiary/aromatic N) is 2. The number of aryl methyl sites for hydroxylation is 1. The Kier molecular flexibility index (Phi) is 3.53. The molecular formula is C7H9N3O2S. The molecule has 13 heavy (non-hydrogen) atoms. The highest BCUT2D eigenvalue weighted by Gasteiger charge is 1.96. The van der Waals surface area contributed by atoms with Crippen LogP contribution in [0, 0.1) is 0 Å². The number of hydrogen-bond acceptors (Lipinski definition) is 5. The first kappa shape index (κ1) is 9.82. The number of thiol groups is 1. The van der Waals surface area contributed by atoms with Crippen LogP contribution in [0.4, 0.5) is 0 Å². The molecular weight excluding hydrogens is 190 g/mol. The molecule has 70 valence electrons. The van der Waals surface area contributed by atoms with E-state index in [0.717, 1.165) is 5.69 Å². The molecule has 0 radical (unpaired) electrons. The van der Waals surface area contributed by atoms with E-state index in [2.05, 4.69) is 22.6 Å². The highest BCUT2D eigenvalue weighted by molar-refractivity contribution is 7.77. The molecule has 1 N–H and O–H groups in total. The van der Waals surface area contributed by atoms with Crippen molar-refractivity contribution in [2.45, 2.75) is 0 Å². The van der Waals surface area contributed by atoms with E-state index in [-0.39, 0.29) is 0 Å². The van der Waals surface area contributed by atoms with Crippen molar-refractivity contribution in [3.63, 3.8) is 0 Å². The fourth-order valence-corrected chi connectivity index (χ4v) is 0.850. The van der Waals surface area contributed by atoms with Crippen molar-refractivity contribution in [1.82, 2.24) is 14.4 Å². The molecule has 0 amide bonds. The monoisotopic (exact) mass is 199 g/mol. The molecule has 0 aliphatic heterocycles. The molecule has 0 aliphatic carbocycles. The molecule has 6 heteroatoms. The molecule has 1 aromatic heterocycles. The number of rotatable bonds is 3. The van der Waals surface area contributed by atoms with Crippen LogP contribution in [0.1, 0.15) is 5.69 Å². The van der Waals surface area contributed by atoms with Gasteiger partial charge in [0.2, 0.25) is 0 Å². The van der Waals surface area contributed by atoms with Gasteiger partial charge in [0.1, 0.15) is 0 Å². The largest absolute Gasteiger partial charge is 0.356 e. The number of hydrogen-bond donors (Lipinski definition) is 2. The van der Waals surface area contributed by atoms with E-state index in [1.165, 1.54) is 6.08 Å². The normalized spacial score (nSPS) is 10.6. The Morgan fingerprint density at radius 2 is 2.62 bits per heavy atom. The van der Waals surface area contributed by atoms with Crippen LogP contribution in [0.5, 0.6) is 0 Å². The molecule has 0 aromatic carbocycles. The van der Waals surface area contributed by atoms with E-state index in [9.17, 15) is 4.79 Å². The van der Waals surface area contributed by atoms with Crippen molar-refractivity contribution < 1.29 is 9.63 Å². The minimum Gasteiger partial charge on any atom is -0.356 e. The van der Waals surface area contributed by atoms with Crippen LogP contribution in [-0.4, -0.2) is 15.5 Å². The van der Waals surface area contributed by atoms with E-state index in [4.69, 9.17) is 0 Å². The van der Waals surface area contributed by atoms with Gasteiger partial charge in [0.15, 0.2) is 0 Å². The molecule has 0 unspecified atom stereocenters. The molecule has 0 fully saturated rings. The van der Waals surface area contributed by atoms with Crippen LogP contribution in [0.3, 0.4) is 0 Å². The van der Waals surface area contributed by atoms with Crippen LogP contribution >= 0.6 is 12.8 Å². The standard InChI is InChI=1S/C7H9N3O2S/c1-10-5-8-4-6(10)2-3-7(11)12-9-13/h2-5,9,13H,1H3/b3-2+. The molecule has 5 nitrogen and oxygen atoms in total. The Labute approximate surface area is 80.9 Å². The van der Waals surface area contributed by atoms with Crippen LogP contribution in [0.2, 0.25) is 0 Å². The lowest BCUT2D eigenvalue weighted by Gasteiger charge is -1.95. The number of imidazole rings is 1. The highest BCUT2D eigenvalue weighted by atomic mass is 32.1. The van der Waals surface area contributed by atoms with Crippen LogP contribution in [-0.2, 0) is 16.7 Å². The maximum Gasteiger partial charge on any atom is 0.350 e. The van der Waals surface area contributed by atoms with Gasteiger partial charge in [-0.3, -0.25) is 0 Å². The van der Waals surface area contributed by atoms with E-state index in [1.807, 2.05) is 11.9 Å². The average molecular weight is 199 g/mol. The van der Waals surface area contributed by atoms with Gasteiger partial charge >= 0.3 is 5.97 Å². The first-order valence-corrected chi connectivity index (χ1v) is 3.93. The number of carbonyl (C=O) groups excluding carboxylic acids is 1. The maximum atomic E-state index is 10.8. The molecule has 0 saturated carbocycles. The quantitative estimate of drug-likeness (QED) is 0.418. The summed E-state index contributed by atoms with van der Waals surface area (Å²) in [4.78, 5) is 21.0. The van der Waals surface area contributed by atoms with Gasteiger partial charge in [0.05, 0.1) is 18.2 Å². The minimum atomic E-state index is -0.517. The predicted octanol–water partition coefficient (Wildman–Crippen LogP) is 0.326. The molecule has 1 aromatic rings. The lowest BCUT2D eigenvalue weighted by molar-refractivity contribution is -0.140. The van der Waals surface area contributed by atoms with Crippen molar-refractivity contribution in [3.05, 3.63) is 24.3 Å². The van der Waals surface area contributed by atoms with Crippen molar-refractivity contribution >= 4 is 24.9 Å². The van der Waals surface area contributed by atoms with Gasteiger partial charge < -0.3 is 9.40 Å². The summed E-state index contributed by atoms with van der Waals surface area (Å²) in [6.45, 7) is 0. The fraction of sp³-hybridized carbons (Fsp3) is 0.143. The summed E-state index contributed by atoms with van der Waals surface area (Å²) in [6, 6.07) is 0. The summed E-state index contributed by atoms with van der Waals surface area (Å²) in [7, 11) is 1.83. The van der Waals surface area contributed by atoms with Crippen molar-refractivity contribution in [2.75, 3.05) is 0 Å². The fourth-order valence-electron chi connectivity index (χ4n) is 0.760. The zero-order valence-corrected chi connectivity index (χ0v) is 7.86. The molecule has 1 heterocycles. The lowest BCUT2D eigenvalue weighted by Crippen LogP contribution is -2.07. The van der Waals surface area contributed by atoms with Crippen LogP contribution in [0.15, 0.2) is 18.6 Å². The first-order chi connectivity index (χ1) is 6.24. The van der Waals surface area contributed by atoms with E-state index in [0.29, 0.717) is 0 Å². The zero-order valence-electron chi connectivity index (χ0n) is 6.97. The summed E-state index contributed by atoms with van der Waals surface area (Å²) in [5.74, 6) is -0.517. The molecule has 0 saturated heterocycles. The topological polar surface area (TPSA) is 56.2 Å². The lowest BCUT2D eigenvalue weighted by atomic mass is 10.4. The van der Waals surface area contributed by atoms with E-state index < -0.39 is 5.97 Å². The van der Waals surface area contributed by atoms with E-state index >= 15 is 0 Å². The smallest absolute Gasteiger partial charge is 0.350 e. The summed E-state index contributed by atoms with van der Waals surface area (Å²) in [6.07, 6.45) is 6.15. The van der Waals surface area contributed by atoms with Gasteiger partial charge in [-0.1, -0.05) is 17.7 Å². The van der Waals surface area contributed by atoms with Crippen molar-refractivity contribution in [1.29, 1.82) is 0 Å². The molecule has 0 spiro atoms. The number of aromatic nitrogens is 2. The number of carbonyl (C=O) groups is 1. The van der Waals surface area contributed by atoms with Crippen molar-refractivity contribution in [2.24, 2.45) is 7.05 Å². The maximum absolute atomic E-state index is 10.8. The second-order valence-electron chi connectivity index (χ2n) is 2.28. The van der Waals surface area contributed by atoms with E-state index in [1.54, 1.807) is 23.2 Å². The van der Waals surface area contributed by atoms with Gasteiger partial charge in [-0.2, -0.15) is 0 Å². The Bertz CT molecular complexity index is 321. The second kappa shape index (κ2) is 4.68. The van der Waals surface area contributed by atoms with Gasteiger partial charge in [0.25, 0.3) is 0 Å². The van der Waals surface area contributed by atoms with Crippen LogP contribution < -0.4 is 4.89 Å². The SMILES string of the molecule is Cn1cncc1/C=C/C(=O)ONS. The summed E-state index contributed by atoms with van der Waals surface area (Å²) >= 11 is 3.50. The third-order valence-electron chi connectivity index (χ3n) is 1.39.